The number of aromatic nitrogens is 1. The summed E-state index contributed by atoms with van der Waals surface area (Å²) in [5.74, 6) is -0.644. The Morgan fingerprint density at radius 1 is 1.42 bits per heavy atom. The molecule has 31 heavy (non-hydrogen) atoms. The van der Waals surface area contributed by atoms with E-state index in [1.54, 1.807) is 16.5 Å². The number of benzene rings is 1. The van der Waals surface area contributed by atoms with Crippen molar-refractivity contribution in [1.82, 2.24) is 14.6 Å². The van der Waals surface area contributed by atoms with Crippen LogP contribution in [0, 0.1) is 5.82 Å². The summed E-state index contributed by atoms with van der Waals surface area (Å²) in [4.78, 5) is 23.7. The molecule has 1 fully saturated rings. The smallest absolute Gasteiger partial charge is 0.338 e. The number of sulfonamides is 1. The zero-order valence-corrected chi connectivity index (χ0v) is 18.9. The van der Waals surface area contributed by atoms with Crippen LogP contribution in [-0.2, 0) is 19.6 Å². The number of nitrogens with one attached hydrogen (secondary N) is 1. The van der Waals surface area contributed by atoms with Gasteiger partial charge in [-0.1, -0.05) is 17.7 Å². The first-order valence-corrected chi connectivity index (χ1v) is 12.3. The van der Waals surface area contributed by atoms with Gasteiger partial charge < -0.3 is 9.64 Å². The highest BCUT2D eigenvalue weighted by Crippen LogP contribution is 2.42. The van der Waals surface area contributed by atoms with Crippen LogP contribution in [0.1, 0.15) is 23.0 Å². The number of carbonyl (C=O) groups excluding carboxylic acids is 1. The van der Waals surface area contributed by atoms with Crippen molar-refractivity contribution in [3.63, 3.8) is 0 Å². The first kappa shape index (κ1) is 21.9. The van der Waals surface area contributed by atoms with Crippen molar-refractivity contribution < 1.29 is 22.3 Å². The molecule has 1 saturated heterocycles. The Hall–Kier alpha value is -2.34. The third-order valence-electron chi connectivity index (χ3n) is 4.93. The summed E-state index contributed by atoms with van der Waals surface area (Å²) >= 11 is 7.66. The molecule has 0 aliphatic carbocycles. The Labute approximate surface area is 187 Å². The van der Waals surface area contributed by atoms with Crippen LogP contribution in [0.3, 0.4) is 0 Å². The van der Waals surface area contributed by atoms with E-state index in [2.05, 4.69) is 9.71 Å². The number of hydrogen-bond acceptors (Lipinski definition) is 8. The highest BCUT2D eigenvalue weighted by molar-refractivity contribution is 7.88. The molecule has 0 spiro atoms. The Morgan fingerprint density at radius 2 is 2.19 bits per heavy atom. The van der Waals surface area contributed by atoms with Crippen LogP contribution in [0.4, 0.5) is 4.39 Å². The molecule has 2 aliphatic rings. The van der Waals surface area contributed by atoms with Gasteiger partial charge in [0.05, 0.1) is 18.9 Å². The first-order chi connectivity index (χ1) is 14.7. The van der Waals surface area contributed by atoms with Crippen molar-refractivity contribution in [1.29, 1.82) is 0 Å². The van der Waals surface area contributed by atoms with E-state index in [4.69, 9.17) is 21.3 Å². The summed E-state index contributed by atoms with van der Waals surface area (Å²) in [5.41, 5.74) is 1.23. The second-order valence-corrected chi connectivity index (χ2v) is 10.2. The predicted molar refractivity (Wildman–Crippen MR) is 115 cm³/mol. The number of rotatable bonds is 5. The van der Waals surface area contributed by atoms with Crippen LogP contribution in [0.25, 0.3) is 0 Å². The van der Waals surface area contributed by atoms with Gasteiger partial charge in [0.2, 0.25) is 10.0 Å². The fourth-order valence-electron chi connectivity index (χ4n) is 3.80. The fourth-order valence-corrected chi connectivity index (χ4v) is 5.47. The van der Waals surface area contributed by atoms with Crippen LogP contribution in [0.5, 0.6) is 0 Å². The second kappa shape index (κ2) is 8.30. The van der Waals surface area contributed by atoms with Gasteiger partial charge in [0.15, 0.2) is 10.8 Å². The second-order valence-electron chi connectivity index (χ2n) is 7.11. The third-order valence-corrected chi connectivity index (χ3v) is 6.78. The summed E-state index contributed by atoms with van der Waals surface area (Å²) in [6.45, 7) is 0.269. The van der Waals surface area contributed by atoms with Gasteiger partial charge in [0.25, 0.3) is 0 Å². The maximum atomic E-state index is 13.7. The van der Waals surface area contributed by atoms with Crippen molar-refractivity contribution >= 4 is 44.8 Å². The lowest BCUT2D eigenvalue weighted by molar-refractivity contribution is -0.136. The minimum absolute atomic E-state index is 0.117. The molecule has 4 rings (SSSR count). The quantitative estimate of drug-likeness (QED) is 0.654. The highest BCUT2D eigenvalue weighted by atomic mass is 35.5. The zero-order chi connectivity index (χ0) is 22.3. The van der Waals surface area contributed by atoms with E-state index in [0.717, 1.165) is 12.3 Å². The summed E-state index contributed by atoms with van der Waals surface area (Å²) in [6, 6.07) is 2.55. The van der Waals surface area contributed by atoms with E-state index in [-0.39, 0.29) is 23.6 Å². The number of hydrogen-bond donors (Lipinski definition) is 1. The molecule has 164 valence electrons. The number of aliphatic imine (C=N–C) groups is 1. The molecule has 8 nitrogen and oxygen atoms in total. The molecule has 0 saturated carbocycles. The molecule has 0 amide bonds. The predicted octanol–water partition coefficient (Wildman–Crippen LogP) is 2.49. The van der Waals surface area contributed by atoms with Crippen molar-refractivity contribution in [3.8, 4) is 0 Å². The molecular formula is C19H18ClFN4O4S2. The molecule has 1 aromatic heterocycles. The van der Waals surface area contributed by atoms with Crippen LogP contribution in [0.15, 0.2) is 46.0 Å². The van der Waals surface area contributed by atoms with E-state index in [1.807, 2.05) is 0 Å². The van der Waals surface area contributed by atoms with Gasteiger partial charge in [-0.3, -0.25) is 4.99 Å². The average molecular weight is 485 g/mol. The van der Waals surface area contributed by atoms with Gasteiger partial charge in [-0.05, 0) is 12.1 Å². The van der Waals surface area contributed by atoms with Gasteiger partial charge in [-0.2, -0.15) is 0 Å². The number of ether oxygens (including phenoxy) is 1. The van der Waals surface area contributed by atoms with E-state index in [1.165, 1.54) is 30.6 Å². The van der Waals surface area contributed by atoms with E-state index in [9.17, 15) is 17.6 Å². The van der Waals surface area contributed by atoms with Gasteiger partial charge in [0.1, 0.15) is 11.9 Å². The molecular weight excluding hydrogens is 467 g/mol. The van der Waals surface area contributed by atoms with E-state index >= 15 is 0 Å². The number of carbonyl (C=O) groups is 1. The van der Waals surface area contributed by atoms with Crippen molar-refractivity contribution in [2.75, 3.05) is 19.9 Å². The van der Waals surface area contributed by atoms with E-state index in [0.29, 0.717) is 22.1 Å². The van der Waals surface area contributed by atoms with Crippen LogP contribution < -0.4 is 4.72 Å². The molecule has 1 N–H and O–H groups in total. The summed E-state index contributed by atoms with van der Waals surface area (Å²) in [5, 5.41) is 2.51. The molecule has 2 aromatic rings. The highest BCUT2D eigenvalue weighted by Gasteiger charge is 2.43. The Morgan fingerprint density at radius 3 is 2.81 bits per heavy atom. The zero-order valence-electron chi connectivity index (χ0n) is 16.5. The summed E-state index contributed by atoms with van der Waals surface area (Å²) in [7, 11) is -2.22. The Balaban J connectivity index is 1.89. The lowest BCUT2D eigenvalue weighted by Crippen LogP contribution is -2.39. The molecule has 0 unspecified atom stereocenters. The molecule has 0 bridgehead atoms. The van der Waals surface area contributed by atoms with Crippen LogP contribution in [0.2, 0.25) is 5.02 Å². The van der Waals surface area contributed by atoms with Gasteiger partial charge in [0, 0.05) is 46.9 Å². The lowest BCUT2D eigenvalue weighted by Gasteiger charge is -2.31. The van der Waals surface area contributed by atoms with Crippen LogP contribution >= 0.6 is 22.9 Å². The lowest BCUT2D eigenvalue weighted by atomic mass is 9.94. The molecule has 2 atom stereocenters. The van der Waals surface area contributed by atoms with Crippen LogP contribution in [-0.4, -0.2) is 56.1 Å². The molecule has 12 heteroatoms. The number of methoxy groups -OCH3 is 1. The SMILES string of the molecule is COC(=O)C1=C2C[C@@H](NS(C)(=O)=O)CN2C(c2nccs2)=N[C@@H]1c1ccc(F)cc1Cl. The minimum Gasteiger partial charge on any atom is -0.466 e. The monoisotopic (exact) mass is 484 g/mol. The standard InChI is InChI=1S/C19H18ClFN4O4S2/c1-29-19(26)15-14-8-11(24-31(2,27)28)9-25(14)17(18-22-5-6-30-18)23-16(15)12-4-3-10(21)7-13(12)20/h3-7,11,16,24H,8-9H2,1-2H3/t11-,16-/m1/s1. The van der Waals surface area contributed by atoms with Crippen molar-refractivity contribution in [3.05, 3.63) is 62.5 Å². The molecule has 0 radical (unpaired) electrons. The molecule has 2 aliphatic heterocycles. The minimum atomic E-state index is -3.47. The normalized spacial score (nSPS) is 21.2. The Kier molecular flexibility index (Phi) is 5.86. The largest absolute Gasteiger partial charge is 0.466 e. The maximum absolute atomic E-state index is 13.7. The van der Waals surface area contributed by atoms with Gasteiger partial charge in [-0.15, -0.1) is 11.3 Å². The topological polar surface area (TPSA) is 101 Å². The number of fused-ring (bicyclic) bond motifs is 1. The Bertz CT molecular complexity index is 1200. The molecule has 1 aromatic carbocycles. The molecule has 3 heterocycles. The summed E-state index contributed by atoms with van der Waals surface area (Å²) in [6.07, 6.45) is 2.96. The average Bonchev–Trinajstić information content (AvgIpc) is 3.34. The summed E-state index contributed by atoms with van der Waals surface area (Å²) < 4.78 is 44.9. The number of amidine groups is 1. The number of halogens is 2. The van der Waals surface area contributed by atoms with Gasteiger partial charge >= 0.3 is 5.97 Å². The number of thiazole rings is 1. The number of nitrogens with zero attached hydrogens (tertiary/aromatic N) is 3. The maximum Gasteiger partial charge on any atom is 0.338 e. The third kappa shape index (κ3) is 4.36. The number of esters is 1. The van der Waals surface area contributed by atoms with Gasteiger partial charge in [-0.25, -0.2) is 27.3 Å². The van der Waals surface area contributed by atoms with E-state index < -0.39 is 33.9 Å². The first-order valence-electron chi connectivity index (χ1n) is 9.16. The van der Waals surface area contributed by atoms with Crippen molar-refractivity contribution in [2.24, 2.45) is 4.99 Å². The fraction of sp³-hybridized carbons (Fsp3) is 0.316. The van der Waals surface area contributed by atoms with Crippen molar-refractivity contribution in [2.45, 2.75) is 18.5 Å².